The van der Waals surface area contributed by atoms with Crippen LogP contribution in [0, 0.1) is 5.92 Å². The van der Waals surface area contributed by atoms with Gasteiger partial charge in [0.15, 0.2) is 0 Å². The summed E-state index contributed by atoms with van der Waals surface area (Å²) in [5.41, 5.74) is 2.97. The van der Waals surface area contributed by atoms with Crippen molar-refractivity contribution in [3.8, 4) is 0 Å². The maximum atomic E-state index is 11.9. The van der Waals surface area contributed by atoms with E-state index in [-0.39, 0.29) is 11.9 Å². The molecule has 0 radical (unpaired) electrons. The van der Waals surface area contributed by atoms with Crippen LogP contribution in [0.1, 0.15) is 44.0 Å². The predicted molar refractivity (Wildman–Crippen MR) is 73.0 cm³/mol. The fourth-order valence-corrected chi connectivity index (χ4v) is 1.75. The fourth-order valence-electron chi connectivity index (χ4n) is 1.75. The van der Waals surface area contributed by atoms with Crippen LogP contribution in [0.3, 0.4) is 0 Å². The third-order valence-electron chi connectivity index (χ3n) is 3.00. The van der Waals surface area contributed by atoms with Gasteiger partial charge in [-0.15, -0.1) is 0 Å². The molecule has 2 atom stereocenters. The third kappa shape index (κ3) is 4.33. The number of anilines is 1. The predicted octanol–water partition coefficient (Wildman–Crippen LogP) is 1.92. The smallest absolute Gasteiger partial charge is 0.253 e. The molecular formula is C13H22N4O. The number of carbonyl (C=O) groups excluding carboxylic acids is 1. The van der Waals surface area contributed by atoms with Gasteiger partial charge in [-0.2, -0.15) is 0 Å². The number of nitrogens with one attached hydrogen (secondary N) is 2. The molecule has 4 N–H and O–H groups in total. The minimum absolute atomic E-state index is 0.0955. The van der Waals surface area contributed by atoms with Crippen LogP contribution in [0.4, 0.5) is 5.82 Å². The Bertz CT molecular complexity index is 377. The van der Waals surface area contributed by atoms with Gasteiger partial charge in [0.25, 0.3) is 5.91 Å². The first-order valence-electron chi connectivity index (χ1n) is 6.30. The highest BCUT2D eigenvalue weighted by Gasteiger charge is 2.12. The quantitative estimate of drug-likeness (QED) is 0.532. The molecule has 0 aliphatic rings. The minimum atomic E-state index is -0.0955. The summed E-state index contributed by atoms with van der Waals surface area (Å²) >= 11 is 0. The first kappa shape index (κ1) is 14.4. The molecular weight excluding hydrogens is 228 g/mol. The Morgan fingerprint density at radius 3 is 2.67 bits per heavy atom. The van der Waals surface area contributed by atoms with Gasteiger partial charge in [-0.25, -0.2) is 10.8 Å². The van der Waals surface area contributed by atoms with E-state index in [1.54, 1.807) is 12.1 Å². The highest BCUT2D eigenvalue weighted by Crippen LogP contribution is 2.10. The number of carbonyl (C=O) groups is 1. The molecule has 0 spiro atoms. The van der Waals surface area contributed by atoms with E-state index < -0.39 is 0 Å². The molecule has 100 valence electrons. The van der Waals surface area contributed by atoms with Crippen molar-refractivity contribution in [2.75, 3.05) is 5.43 Å². The average molecular weight is 250 g/mol. The molecule has 1 heterocycles. The van der Waals surface area contributed by atoms with Crippen molar-refractivity contribution < 1.29 is 4.79 Å². The number of nitrogens with two attached hydrogens (primary N) is 1. The van der Waals surface area contributed by atoms with Crippen LogP contribution in [-0.2, 0) is 0 Å². The topological polar surface area (TPSA) is 80.0 Å². The van der Waals surface area contributed by atoms with Gasteiger partial charge < -0.3 is 10.7 Å². The summed E-state index contributed by atoms with van der Waals surface area (Å²) in [5.74, 6) is 6.27. The molecule has 1 aromatic heterocycles. The lowest BCUT2D eigenvalue weighted by Gasteiger charge is -2.17. The SMILES string of the molecule is CCC(C)CC(C)NC(=O)c1ccc(NN)nc1. The van der Waals surface area contributed by atoms with Crippen LogP contribution in [0.5, 0.6) is 0 Å². The van der Waals surface area contributed by atoms with Crippen LogP contribution < -0.4 is 16.6 Å². The van der Waals surface area contributed by atoms with Gasteiger partial charge in [-0.1, -0.05) is 20.3 Å². The molecule has 2 unspecified atom stereocenters. The van der Waals surface area contributed by atoms with E-state index in [1.165, 1.54) is 6.20 Å². The lowest BCUT2D eigenvalue weighted by Crippen LogP contribution is -2.33. The monoisotopic (exact) mass is 250 g/mol. The molecule has 5 nitrogen and oxygen atoms in total. The Hall–Kier alpha value is -1.62. The van der Waals surface area contributed by atoms with Crippen molar-refractivity contribution in [2.45, 2.75) is 39.7 Å². The van der Waals surface area contributed by atoms with E-state index in [0.717, 1.165) is 12.8 Å². The van der Waals surface area contributed by atoms with E-state index in [4.69, 9.17) is 5.84 Å². The Kier molecular flexibility index (Phi) is 5.58. The van der Waals surface area contributed by atoms with Crippen molar-refractivity contribution in [3.05, 3.63) is 23.9 Å². The number of hydrogen-bond donors (Lipinski definition) is 3. The van der Waals surface area contributed by atoms with Crippen LogP contribution in [0.2, 0.25) is 0 Å². The number of rotatable bonds is 6. The minimum Gasteiger partial charge on any atom is -0.350 e. The zero-order valence-corrected chi connectivity index (χ0v) is 11.2. The Morgan fingerprint density at radius 2 is 2.17 bits per heavy atom. The lowest BCUT2D eigenvalue weighted by molar-refractivity contribution is 0.0935. The molecule has 1 aromatic rings. The summed E-state index contributed by atoms with van der Waals surface area (Å²) in [5, 5.41) is 2.97. The largest absolute Gasteiger partial charge is 0.350 e. The molecule has 18 heavy (non-hydrogen) atoms. The van der Waals surface area contributed by atoms with E-state index in [2.05, 4.69) is 29.6 Å². The number of pyridine rings is 1. The van der Waals surface area contributed by atoms with Gasteiger partial charge in [0.1, 0.15) is 5.82 Å². The number of nitrogens with zero attached hydrogens (tertiary/aromatic N) is 1. The van der Waals surface area contributed by atoms with Crippen LogP contribution >= 0.6 is 0 Å². The Balaban J connectivity index is 2.53. The van der Waals surface area contributed by atoms with Gasteiger partial charge >= 0.3 is 0 Å². The molecule has 0 saturated carbocycles. The first-order valence-corrected chi connectivity index (χ1v) is 6.30. The second-order valence-corrected chi connectivity index (χ2v) is 4.70. The fraction of sp³-hybridized carbons (Fsp3) is 0.538. The molecule has 5 heteroatoms. The molecule has 0 bridgehead atoms. The van der Waals surface area contributed by atoms with Crippen molar-refractivity contribution in [2.24, 2.45) is 11.8 Å². The summed E-state index contributed by atoms with van der Waals surface area (Å²) in [7, 11) is 0. The van der Waals surface area contributed by atoms with Crippen LogP contribution in [-0.4, -0.2) is 16.9 Å². The Labute approximate surface area is 108 Å². The maximum absolute atomic E-state index is 11.9. The normalized spacial score (nSPS) is 13.8. The van der Waals surface area contributed by atoms with E-state index in [9.17, 15) is 4.79 Å². The van der Waals surface area contributed by atoms with Gasteiger partial charge in [-0.05, 0) is 31.4 Å². The first-order chi connectivity index (χ1) is 8.56. The summed E-state index contributed by atoms with van der Waals surface area (Å²) in [6, 6.07) is 3.54. The summed E-state index contributed by atoms with van der Waals surface area (Å²) in [4.78, 5) is 15.9. The van der Waals surface area contributed by atoms with E-state index in [1.807, 2.05) is 6.92 Å². The number of aromatic nitrogens is 1. The van der Waals surface area contributed by atoms with Crippen LogP contribution in [0.15, 0.2) is 18.3 Å². The third-order valence-corrected chi connectivity index (χ3v) is 3.00. The lowest BCUT2D eigenvalue weighted by atomic mass is 10.0. The summed E-state index contributed by atoms with van der Waals surface area (Å²) in [6.07, 6.45) is 3.62. The molecule has 0 fully saturated rings. The molecule has 1 amide bonds. The second-order valence-electron chi connectivity index (χ2n) is 4.70. The highest BCUT2D eigenvalue weighted by atomic mass is 16.1. The number of hydrogen-bond acceptors (Lipinski definition) is 4. The standard InChI is InChI=1S/C13H22N4O/c1-4-9(2)7-10(3)16-13(18)11-5-6-12(17-14)15-8-11/h5-6,8-10H,4,7,14H2,1-3H3,(H,15,17)(H,16,18). The molecule has 0 saturated heterocycles. The zero-order chi connectivity index (χ0) is 13.5. The zero-order valence-electron chi connectivity index (χ0n) is 11.2. The number of amides is 1. The Morgan fingerprint density at radius 1 is 1.44 bits per heavy atom. The van der Waals surface area contributed by atoms with E-state index >= 15 is 0 Å². The average Bonchev–Trinajstić information content (AvgIpc) is 2.38. The van der Waals surface area contributed by atoms with Crippen molar-refractivity contribution >= 4 is 11.7 Å². The molecule has 0 aliphatic carbocycles. The van der Waals surface area contributed by atoms with Crippen LogP contribution in [0.25, 0.3) is 0 Å². The summed E-state index contributed by atoms with van der Waals surface area (Å²) in [6.45, 7) is 6.36. The maximum Gasteiger partial charge on any atom is 0.253 e. The second kappa shape index (κ2) is 6.96. The van der Waals surface area contributed by atoms with Crippen molar-refractivity contribution in [3.63, 3.8) is 0 Å². The van der Waals surface area contributed by atoms with Gasteiger partial charge in [0.05, 0.1) is 5.56 Å². The van der Waals surface area contributed by atoms with Gasteiger partial charge in [-0.3, -0.25) is 4.79 Å². The van der Waals surface area contributed by atoms with E-state index in [0.29, 0.717) is 17.3 Å². The molecule has 1 rings (SSSR count). The summed E-state index contributed by atoms with van der Waals surface area (Å²) < 4.78 is 0. The molecule has 0 aromatic carbocycles. The number of hydrazine groups is 1. The number of nitrogen functional groups attached to an aromatic ring is 1. The highest BCUT2D eigenvalue weighted by molar-refractivity contribution is 5.94. The van der Waals surface area contributed by atoms with Gasteiger partial charge in [0, 0.05) is 12.2 Å². The van der Waals surface area contributed by atoms with Crippen molar-refractivity contribution in [1.29, 1.82) is 0 Å². The van der Waals surface area contributed by atoms with Gasteiger partial charge in [0.2, 0.25) is 0 Å². The van der Waals surface area contributed by atoms with Crippen molar-refractivity contribution in [1.82, 2.24) is 10.3 Å². The molecule has 0 aliphatic heterocycles.